The number of ether oxygens (including phenoxy) is 1. The van der Waals surface area contributed by atoms with E-state index in [0.29, 0.717) is 6.42 Å². The van der Waals surface area contributed by atoms with E-state index in [9.17, 15) is 4.79 Å². The van der Waals surface area contributed by atoms with E-state index < -0.39 is 0 Å². The van der Waals surface area contributed by atoms with Crippen LogP contribution in [0.1, 0.15) is 30.7 Å². The Balaban J connectivity index is 3.02. The highest BCUT2D eigenvalue weighted by molar-refractivity contribution is 5.78. The first-order valence-electron chi connectivity index (χ1n) is 5.46. The Morgan fingerprint density at radius 2 is 2.12 bits per heavy atom. The molecule has 1 aromatic heterocycles. The molecule has 16 heavy (non-hydrogen) atoms. The fourth-order valence-corrected chi connectivity index (χ4v) is 1.71. The lowest BCUT2D eigenvalue weighted by Crippen LogP contribution is -2.12. The van der Waals surface area contributed by atoms with Crippen molar-refractivity contribution in [2.24, 2.45) is 5.92 Å². The Bertz CT molecular complexity index is 399. The molecule has 0 aliphatic heterocycles. The van der Waals surface area contributed by atoms with E-state index >= 15 is 0 Å². The summed E-state index contributed by atoms with van der Waals surface area (Å²) in [5.74, 6) is 1.08. The first kappa shape index (κ1) is 12.7. The van der Waals surface area contributed by atoms with Gasteiger partial charge in [-0.1, -0.05) is 6.92 Å². The topological polar surface area (TPSA) is 39.2 Å². The van der Waals surface area contributed by atoms with Gasteiger partial charge in [0, 0.05) is 28.9 Å². The van der Waals surface area contributed by atoms with Crippen LogP contribution in [0.5, 0.6) is 5.75 Å². The number of aryl methyl sites for hydroxylation is 1. The predicted molar refractivity (Wildman–Crippen MR) is 63.8 cm³/mol. The number of rotatable bonds is 4. The number of pyridine rings is 1. The molecule has 0 aliphatic carbocycles. The molecule has 0 aromatic carbocycles. The number of ketones is 1. The average molecular weight is 221 g/mol. The van der Waals surface area contributed by atoms with Crippen molar-refractivity contribution >= 4 is 5.78 Å². The highest BCUT2D eigenvalue weighted by atomic mass is 16.5. The first-order chi connectivity index (χ1) is 7.47. The van der Waals surface area contributed by atoms with Gasteiger partial charge in [0.05, 0.1) is 7.11 Å². The molecule has 0 aliphatic rings. The van der Waals surface area contributed by atoms with Crippen LogP contribution in [0.2, 0.25) is 0 Å². The molecule has 0 saturated heterocycles. The molecular formula is C13H19NO2. The van der Waals surface area contributed by atoms with Gasteiger partial charge in [0.15, 0.2) is 0 Å². The van der Waals surface area contributed by atoms with Crippen molar-refractivity contribution in [2.45, 2.75) is 34.1 Å². The lowest BCUT2D eigenvalue weighted by Gasteiger charge is -2.14. The molecule has 0 bridgehead atoms. The van der Waals surface area contributed by atoms with Crippen molar-refractivity contribution in [3.8, 4) is 5.75 Å². The van der Waals surface area contributed by atoms with Crippen LogP contribution in [-0.4, -0.2) is 17.9 Å². The summed E-state index contributed by atoms with van der Waals surface area (Å²) in [6, 6.07) is 0. The zero-order chi connectivity index (χ0) is 12.3. The fourth-order valence-electron chi connectivity index (χ4n) is 1.71. The number of carbonyl (C=O) groups is 1. The first-order valence-corrected chi connectivity index (χ1v) is 5.46. The SMILES string of the molecule is COc1c(C)cnc(CC(C)C(C)=O)c1C. The average Bonchev–Trinajstić information content (AvgIpc) is 2.22. The summed E-state index contributed by atoms with van der Waals surface area (Å²) < 4.78 is 5.33. The predicted octanol–water partition coefficient (Wildman–Crippen LogP) is 2.47. The molecule has 0 radical (unpaired) electrons. The molecule has 1 heterocycles. The Morgan fingerprint density at radius 3 is 2.62 bits per heavy atom. The van der Waals surface area contributed by atoms with Gasteiger partial charge in [-0.3, -0.25) is 9.78 Å². The molecule has 3 heteroatoms. The number of aromatic nitrogens is 1. The molecule has 0 N–H and O–H groups in total. The molecule has 0 fully saturated rings. The van der Waals surface area contributed by atoms with Gasteiger partial charge in [0.2, 0.25) is 0 Å². The van der Waals surface area contributed by atoms with Crippen molar-refractivity contribution in [3.63, 3.8) is 0 Å². The molecule has 88 valence electrons. The summed E-state index contributed by atoms with van der Waals surface area (Å²) in [4.78, 5) is 15.6. The monoisotopic (exact) mass is 221 g/mol. The van der Waals surface area contributed by atoms with Crippen LogP contribution in [0, 0.1) is 19.8 Å². The summed E-state index contributed by atoms with van der Waals surface area (Å²) in [5.41, 5.74) is 3.01. The summed E-state index contributed by atoms with van der Waals surface area (Å²) in [6.45, 7) is 7.50. The maximum absolute atomic E-state index is 11.2. The van der Waals surface area contributed by atoms with Gasteiger partial charge in [-0.2, -0.15) is 0 Å². The van der Waals surface area contributed by atoms with Gasteiger partial charge < -0.3 is 4.74 Å². The van der Waals surface area contributed by atoms with Crippen LogP contribution in [0.25, 0.3) is 0 Å². The van der Waals surface area contributed by atoms with Crippen LogP contribution < -0.4 is 4.74 Å². The summed E-state index contributed by atoms with van der Waals surface area (Å²) in [5, 5.41) is 0. The van der Waals surface area contributed by atoms with Crippen LogP contribution in [-0.2, 0) is 11.2 Å². The maximum atomic E-state index is 11.2. The third-order valence-corrected chi connectivity index (χ3v) is 2.94. The largest absolute Gasteiger partial charge is 0.496 e. The Hall–Kier alpha value is -1.38. The minimum absolute atomic E-state index is 0.0126. The number of methoxy groups -OCH3 is 1. The van der Waals surface area contributed by atoms with Crippen molar-refractivity contribution in [1.29, 1.82) is 0 Å². The van der Waals surface area contributed by atoms with E-state index in [4.69, 9.17) is 4.74 Å². The zero-order valence-corrected chi connectivity index (χ0v) is 10.6. The number of hydrogen-bond acceptors (Lipinski definition) is 3. The molecule has 1 aromatic rings. The van der Waals surface area contributed by atoms with Crippen molar-refractivity contribution in [3.05, 3.63) is 23.0 Å². The van der Waals surface area contributed by atoms with Crippen LogP contribution in [0.15, 0.2) is 6.20 Å². The van der Waals surface area contributed by atoms with E-state index in [1.165, 1.54) is 0 Å². The van der Waals surface area contributed by atoms with Crippen LogP contribution in [0.3, 0.4) is 0 Å². The molecule has 1 atom stereocenters. The Labute approximate surface area is 96.8 Å². The highest BCUT2D eigenvalue weighted by Gasteiger charge is 2.14. The van der Waals surface area contributed by atoms with E-state index in [1.54, 1.807) is 20.2 Å². The number of nitrogens with zero attached hydrogens (tertiary/aromatic N) is 1. The van der Waals surface area contributed by atoms with Crippen molar-refractivity contribution in [1.82, 2.24) is 4.98 Å². The third-order valence-electron chi connectivity index (χ3n) is 2.94. The van der Waals surface area contributed by atoms with E-state index in [2.05, 4.69) is 4.98 Å². The van der Waals surface area contributed by atoms with Gasteiger partial charge >= 0.3 is 0 Å². The van der Waals surface area contributed by atoms with Gasteiger partial charge in [-0.15, -0.1) is 0 Å². The molecule has 1 rings (SSSR count). The minimum atomic E-state index is 0.0126. The van der Waals surface area contributed by atoms with E-state index in [-0.39, 0.29) is 11.7 Å². The van der Waals surface area contributed by atoms with Gasteiger partial charge in [-0.05, 0) is 27.2 Å². The summed E-state index contributed by atoms with van der Waals surface area (Å²) in [7, 11) is 1.66. The number of Topliss-reactive ketones (excluding diaryl/α,β-unsaturated/α-hetero) is 1. The summed E-state index contributed by atoms with van der Waals surface area (Å²) >= 11 is 0. The molecular weight excluding hydrogens is 202 g/mol. The highest BCUT2D eigenvalue weighted by Crippen LogP contribution is 2.25. The second kappa shape index (κ2) is 5.10. The number of hydrogen-bond donors (Lipinski definition) is 0. The van der Waals surface area contributed by atoms with Crippen LogP contribution in [0.4, 0.5) is 0 Å². The minimum Gasteiger partial charge on any atom is -0.496 e. The Kier molecular flexibility index (Phi) is 4.05. The number of carbonyl (C=O) groups excluding carboxylic acids is 1. The lowest BCUT2D eigenvalue weighted by molar-refractivity contribution is -0.120. The van der Waals surface area contributed by atoms with Gasteiger partial charge in [0.25, 0.3) is 0 Å². The zero-order valence-electron chi connectivity index (χ0n) is 10.6. The van der Waals surface area contributed by atoms with Crippen molar-refractivity contribution < 1.29 is 9.53 Å². The second-order valence-corrected chi connectivity index (χ2v) is 4.26. The molecule has 0 spiro atoms. The molecule has 0 saturated carbocycles. The van der Waals surface area contributed by atoms with E-state index in [0.717, 1.165) is 22.6 Å². The quantitative estimate of drug-likeness (QED) is 0.784. The summed E-state index contributed by atoms with van der Waals surface area (Å²) in [6.07, 6.45) is 2.48. The molecule has 3 nitrogen and oxygen atoms in total. The van der Waals surface area contributed by atoms with Gasteiger partial charge in [0.1, 0.15) is 11.5 Å². The van der Waals surface area contributed by atoms with Crippen molar-refractivity contribution in [2.75, 3.05) is 7.11 Å². The Morgan fingerprint density at radius 1 is 1.50 bits per heavy atom. The second-order valence-electron chi connectivity index (χ2n) is 4.26. The molecule has 0 amide bonds. The lowest BCUT2D eigenvalue weighted by atomic mass is 9.98. The smallest absolute Gasteiger partial charge is 0.133 e. The van der Waals surface area contributed by atoms with Gasteiger partial charge in [-0.25, -0.2) is 0 Å². The van der Waals surface area contributed by atoms with Crippen LogP contribution >= 0.6 is 0 Å². The third kappa shape index (κ3) is 2.60. The fraction of sp³-hybridized carbons (Fsp3) is 0.538. The van der Waals surface area contributed by atoms with E-state index in [1.807, 2.05) is 20.8 Å². The molecule has 1 unspecified atom stereocenters. The normalized spacial score (nSPS) is 12.3. The maximum Gasteiger partial charge on any atom is 0.133 e. The standard InChI is InChI=1S/C13H19NO2/c1-8(11(4)15)6-12-10(3)13(16-5)9(2)7-14-12/h7-8H,6H2,1-5H3.